The molecule has 6 N–H and O–H groups in total. The van der Waals surface area contributed by atoms with E-state index in [1.807, 2.05) is 24.3 Å². The Bertz CT molecular complexity index is 1370. The van der Waals surface area contributed by atoms with E-state index in [0.717, 1.165) is 48.9 Å². The van der Waals surface area contributed by atoms with Crippen molar-refractivity contribution in [3.8, 4) is 5.75 Å². The second-order valence-corrected chi connectivity index (χ2v) is 9.98. The van der Waals surface area contributed by atoms with Crippen LogP contribution in [0.25, 0.3) is 17.1 Å². The molecule has 12 heteroatoms. The van der Waals surface area contributed by atoms with E-state index in [1.54, 1.807) is 24.3 Å². The van der Waals surface area contributed by atoms with E-state index in [-0.39, 0.29) is 23.4 Å². The molecule has 0 bridgehead atoms. The number of oxime groups is 1. The number of imidazole rings is 1. The van der Waals surface area contributed by atoms with Crippen LogP contribution < -0.4 is 26.0 Å². The van der Waals surface area contributed by atoms with Crippen molar-refractivity contribution < 1.29 is 19.8 Å². The standard InChI is InChI=1S/C25H28N6O5S/c32-18(14-36-20-3-1-2-19-22(20)28-24(34)27-19)13-26-16-8-10-31(11-9-16)17-6-4-15(5-7-17)12-21-23(33)29-25(30-35)37-21/h1-7,12,16,18,26,32,35H,8-11,13-14H2,(H2,27,28,34)(H,29,30,33)/b21-12-. The maximum absolute atomic E-state index is 11.9. The summed E-state index contributed by atoms with van der Waals surface area (Å²) in [6, 6.07) is 13.7. The van der Waals surface area contributed by atoms with Crippen LogP contribution in [0.1, 0.15) is 18.4 Å². The minimum Gasteiger partial charge on any atom is -0.489 e. The predicted molar refractivity (Wildman–Crippen MR) is 143 cm³/mol. The number of hydrogen-bond donors (Lipinski definition) is 6. The minimum absolute atomic E-state index is 0.120. The van der Waals surface area contributed by atoms with Crippen LogP contribution in [0.3, 0.4) is 0 Å². The number of ether oxygens (including phenoxy) is 1. The Morgan fingerprint density at radius 3 is 2.68 bits per heavy atom. The lowest BCUT2D eigenvalue weighted by Gasteiger charge is -2.34. The number of aromatic nitrogens is 2. The highest BCUT2D eigenvalue weighted by Gasteiger charge is 2.24. The first kappa shape index (κ1) is 24.9. The summed E-state index contributed by atoms with van der Waals surface area (Å²) in [5, 5.41) is 28.3. The molecule has 3 heterocycles. The number of amides is 1. The summed E-state index contributed by atoms with van der Waals surface area (Å²) in [5.41, 5.74) is 2.98. The summed E-state index contributed by atoms with van der Waals surface area (Å²) in [7, 11) is 0. The second kappa shape index (κ2) is 11.1. The van der Waals surface area contributed by atoms with Crippen LogP contribution in [0.2, 0.25) is 0 Å². The molecule has 0 saturated carbocycles. The number of anilines is 1. The van der Waals surface area contributed by atoms with Crippen molar-refractivity contribution in [3.63, 3.8) is 0 Å². The van der Waals surface area contributed by atoms with Gasteiger partial charge >= 0.3 is 5.69 Å². The first-order chi connectivity index (χ1) is 18.0. The average Bonchev–Trinajstić information content (AvgIpc) is 3.48. The van der Waals surface area contributed by atoms with Crippen molar-refractivity contribution >= 4 is 45.6 Å². The summed E-state index contributed by atoms with van der Waals surface area (Å²) in [4.78, 5) is 31.6. The van der Waals surface area contributed by atoms with Gasteiger partial charge in [-0.25, -0.2) is 4.79 Å². The van der Waals surface area contributed by atoms with E-state index in [4.69, 9.17) is 9.94 Å². The molecule has 2 saturated heterocycles. The van der Waals surface area contributed by atoms with Crippen LogP contribution in [0.4, 0.5) is 5.69 Å². The van der Waals surface area contributed by atoms with E-state index in [2.05, 4.69) is 30.7 Å². The Morgan fingerprint density at radius 2 is 1.95 bits per heavy atom. The number of para-hydroxylation sites is 1. The Labute approximate surface area is 216 Å². The molecule has 11 nitrogen and oxygen atoms in total. The van der Waals surface area contributed by atoms with Gasteiger partial charge in [0.15, 0.2) is 0 Å². The van der Waals surface area contributed by atoms with E-state index in [9.17, 15) is 14.7 Å². The molecule has 1 aromatic heterocycles. The van der Waals surface area contributed by atoms with E-state index in [0.29, 0.717) is 34.3 Å². The molecule has 0 aliphatic carbocycles. The molecule has 2 aliphatic heterocycles. The Kier molecular flexibility index (Phi) is 7.49. The van der Waals surface area contributed by atoms with Gasteiger partial charge in [0.05, 0.1) is 10.4 Å². The molecule has 1 unspecified atom stereocenters. The van der Waals surface area contributed by atoms with Gasteiger partial charge in [-0.15, -0.1) is 0 Å². The molecule has 2 aromatic carbocycles. The molecular formula is C25H28N6O5S. The Morgan fingerprint density at radius 1 is 1.16 bits per heavy atom. The molecule has 1 atom stereocenters. The summed E-state index contributed by atoms with van der Waals surface area (Å²) in [6.45, 7) is 2.32. The number of aliphatic hydroxyl groups is 1. The van der Waals surface area contributed by atoms with Crippen molar-refractivity contribution in [2.75, 3.05) is 31.1 Å². The van der Waals surface area contributed by atoms with Gasteiger partial charge in [0.1, 0.15) is 24.0 Å². The van der Waals surface area contributed by atoms with Gasteiger partial charge in [0, 0.05) is 31.4 Å². The number of fused-ring (bicyclic) bond motifs is 1. The third-order valence-electron chi connectivity index (χ3n) is 6.38. The van der Waals surface area contributed by atoms with Gasteiger partial charge in [0.25, 0.3) is 5.91 Å². The third kappa shape index (κ3) is 5.98. The van der Waals surface area contributed by atoms with Crippen molar-refractivity contribution in [2.45, 2.75) is 25.0 Å². The summed E-state index contributed by atoms with van der Waals surface area (Å²) in [5.74, 6) is 0.252. The number of benzene rings is 2. The number of carbonyl (C=O) groups is 1. The molecule has 2 fully saturated rings. The Balaban J connectivity index is 1.06. The van der Waals surface area contributed by atoms with Crippen molar-refractivity contribution in [1.29, 1.82) is 0 Å². The minimum atomic E-state index is -0.680. The van der Waals surface area contributed by atoms with Gasteiger partial charge in [0.2, 0.25) is 5.17 Å². The third-order valence-corrected chi connectivity index (χ3v) is 7.28. The largest absolute Gasteiger partial charge is 0.489 e. The SMILES string of the molecule is O=C1N/C(=N\O)S/C1=C\c1ccc(N2CCC(NCC(O)COc3cccc4[nH]c(=O)[nH]c34)CC2)cc1. The molecule has 194 valence electrons. The molecular weight excluding hydrogens is 496 g/mol. The number of nitrogens with zero attached hydrogens (tertiary/aromatic N) is 2. The number of piperidine rings is 1. The van der Waals surface area contributed by atoms with Crippen molar-refractivity contribution in [3.05, 3.63) is 63.4 Å². The zero-order valence-corrected chi connectivity index (χ0v) is 20.8. The topological polar surface area (TPSA) is 155 Å². The highest BCUT2D eigenvalue weighted by molar-refractivity contribution is 8.18. The first-order valence-electron chi connectivity index (χ1n) is 12.0. The van der Waals surface area contributed by atoms with E-state index >= 15 is 0 Å². The van der Waals surface area contributed by atoms with Gasteiger partial charge in [-0.05, 0) is 60.5 Å². The number of aliphatic hydroxyl groups excluding tert-OH is 1. The number of nitrogens with one attached hydrogen (secondary N) is 4. The van der Waals surface area contributed by atoms with Crippen LogP contribution in [0.5, 0.6) is 5.75 Å². The maximum atomic E-state index is 11.9. The molecule has 2 aliphatic rings. The van der Waals surface area contributed by atoms with Crippen molar-refractivity contribution in [2.24, 2.45) is 5.16 Å². The molecule has 0 spiro atoms. The quantitative estimate of drug-likeness (QED) is 0.148. The maximum Gasteiger partial charge on any atom is 0.323 e. The van der Waals surface area contributed by atoms with Crippen LogP contribution in [-0.4, -0.2) is 69.7 Å². The summed E-state index contributed by atoms with van der Waals surface area (Å²) < 4.78 is 5.74. The smallest absolute Gasteiger partial charge is 0.323 e. The number of hydrogen-bond acceptors (Lipinski definition) is 9. The predicted octanol–water partition coefficient (Wildman–Crippen LogP) is 1.80. The fraction of sp³-hybridized carbons (Fsp3) is 0.320. The van der Waals surface area contributed by atoms with Gasteiger partial charge in [-0.2, -0.15) is 0 Å². The second-order valence-electron chi connectivity index (χ2n) is 8.95. The lowest BCUT2D eigenvalue weighted by molar-refractivity contribution is -0.115. The first-order valence-corrected chi connectivity index (χ1v) is 12.8. The molecule has 5 rings (SSSR count). The number of aromatic amines is 2. The average molecular weight is 525 g/mol. The fourth-order valence-electron chi connectivity index (χ4n) is 4.45. The summed E-state index contributed by atoms with van der Waals surface area (Å²) in [6.07, 6.45) is 2.98. The number of thioether (sulfide) groups is 1. The van der Waals surface area contributed by atoms with Crippen molar-refractivity contribution in [1.82, 2.24) is 20.6 Å². The number of rotatable bonds is 8. The van der Waals surface area contributed by atoms with Gasteiger partial charge < -0.3 is 35.2 Å². The van der Waals surface area contributed by atoms with E-state index in [1.165, 1.54) is 0 Å². The normalized spacial score (nSPS) is 19.6. The zero-order chi connectivity index (χ0) is 25.8. The van der Waals surface area contributed by atoms with E-state index < -0.39 is 6.10 Å². The highest BCUT2D eigenvalue weighted by Crippen LogP contribution is 2.27. The fourth-order valence-corrected chi connectivity index (χ4v) is 5.18. The summed E-state index contributed by atoms with van der Waals surface area (Å²) >= 11 is 1.10. The van der Waals surface area contributed by atoms with Crippen LogP contribution in [-0.2, 0) is 4.79 Å². The van der Waals surface area contributed by atoms with Gasteiger partial charge in [-0.1, -0.05) is 23.4 Å². The lowest BCUT2D eigenvalue weighted by atomic mass is 10.0. The van der Waals surface area contributed by atoms with Crippen LogP contribution in [0, 0.1) is 0 Å². The number of H-pyrrole nitrogens is 2. The monoisotopic (exact) mass is 524 g/mol. The van der Waals surface area contributed by atoms with Crippen LogP contribution >= 0.6 is 11.8 Å². The zero-order valence-electron chi connectivity index (χ0n) is 19.9. The Hall–Kier alpha value is -3.74. The number of carbonyl (C=O) groups excluding carboxylic acids is 1. The molecule has 37 heavy (non-hydrogen) atoms. The molecule has 3 aromatic rings. The molecule has 0 radical (unpaired) electrons. The number of amidine groups is 1. The van der Waals surface area contributed by atoms with Crippen LogP contribution in [0.15, 0.2) is 57.3 Å². The lowest BCUT2D eigenvalue weighted by Crippen LogP contribution is -2.45. The van der Waals surface area contributed by atoms with Gasteiger partial charge in [-0.3, -0.25) is 10.1 Å². The highest BCUT2D eigenvalue weighted by atomic mass is 32.2. The molecule has 1 amide bonds.